The number of nitrogens with one attached hydrogen (secondary N) is 2. The molecule has 0 radical (unpaired) electrons. The van der Waals surface area contributed by atoms with Crippen molar-refractivity contribution in [2.45, 2.75) is 6.10 Å². The maximum Gasteiger partial charge on any atom is 0.250 e. The lowest BCUT2D eigenvalue weighted by Gasteiger charge is -2.23. The van der Waals surface area contributed by atoms with Crippen molar-refractivity contribution in [1.29, 1.82) is 0 Å². The second-order valence-corrected chi connectivity index (χ2v) is 4.13. The predicted octanol–water partition coefficient (Wildman–Crippen LogP) is 0.630. The normalized spacial score (nSPS) is 19.4. The van der Waals surface area contributed by atoms with Crippen molar-refractivity contribution < 1.29 is 14.3 Å². The summed E-state index contributed by atoms with van der Waals surface area (Å²) in [6.45, 7) is 2.85. The Kier molecular flexibility index (Phi) is 5.14. The number of carbonyl (C=O) groups is 1. The van der Waals surface area contributed by atoms with Crippen LogP contribution in [-0.4, -0.2) is 44.9 Å². The second-order valence-electron chi connectivity index (χ2n) is 4.13. The number of rotatable bonds is 5. The van der Waals surface area contributed by atoms with Gasteiger partial charge in [0.15, 0.2) is 0 Å². The standard InChI is InChI=1S/C13H18N2O3/c16-13(15-11-4-2-1-3-5-11)10-17-9-12-8-14-6-7-18-12/h1-5,12,14H,6-10H2,(H,15,16). The molecule has 1 heterocycles. The molecule has 1 aromatic carbocycles. The Balaban J connectivity index is 1.62. The molecule has 5 nitrogen and oxygen atoms in total. The lowest BCUT2D eigenvalue weighted by atomic mass is 10.3. The summed E-state index contributed by atoms with van der Waals surface area (Å²) in [5.41, 5.74) is 0.779. The summed E-state index contributed by atoms with van der Waals surface area (Å²) in [6, 6.07) is 9.33. The van der Waals surface area contributed by atoms with Crippen LogP contribution in [0.1, 0.15) is 0 Å². The van der Waals surface area contributed by atoms with Gasteiger partial charge in [0.2, 0.25) is 5.91 Å². The lowest BCUT2D eigenvalue weighted by Crippen LogP contribution is -2.41. The van der Waals surface area contributed by atoms with E-state index in [0.29, 0.717) is 13.2 Å². The van der Waals surface area contributed by atoms with Crippen molar-refractivity contribution in [3.63, 3.8) is 0 Å². The van der Waals surface area contributed by atoms with Gasteiger partial charge in [-0.15, -0.1) is 0 Å². The summed E-state index contributed by atoms with van der Waals surface area (Å²) in [6.07, 6.45) is 0.0447. The maximum atomic E-state index is 11.6. The van der Waals surface area contributed by atoms with Crippen LogP contribution in [0.2, 0.25) is 0 Å². The van der Waals surface area contributed by atoms with E-state index < -0.39 is 0 Å². The van der Waals surface area contributed by atoms with Crippen molar-refractivity contribution in [1.82, 2.24) is 5.32 Å². The lowest BCUT2D eigenvalue weighted by molar-refractivity contribution is -0.122. The SMILES string of the molecule is O=C(COCC1CNCCO1)Nc1ccccc1. The zero-order chi connectivity index (χ0) is 12.6. The van der Waals surface area contributed by atoms with Gasteiger partial charge in [0, 0.05) is 18.8 Å². The van der Waals surface area contributed by atoms with E-state index in [4.69, 9.17) is 9.47 Å². The Labute approximate surface area is 106 Å². The topological polar surface area (TPSA) is 59.6 Å². The van der Waals surface area contributed by atoms with Gasteiger partial charge in [-0.2, -0.15) is 0 Å². The van der Waals surface area contributed by atoms with Gasteiger partial charge in [-0.1, -0.05) is 18.2 Å². The largest absolute Gasteiger partial charge is 0.373 e. The fourth-order valence-electron chi connectivity index (χ4n) is 1.73. The summed E-state index contributed by atoms with van der Waals surface area (Å²) >= 11 is 0. The van der Waals surface area contributed by atoms with Crippen LogP contribution in [0.3, 0.4) is 0 Å². The molecule has 0 aliphatic carbocycles. The van der Waals surface area contributed by atoms with Gasteiger partial charge < -0.3 is 20.1 Å². The van der Waals surface area contributed by atoms with E-state index in [-0.39, 0.29) is 18.6 Å². The van der Waals surface area contributed by atoms with E-state index in [1.807, 2.05) is 30.3 Å². The third kappa shape index (κ3) is 4.44. The van der Waals surface area contributed by atoms with Crippen LogP contribution in [0.5, 0.6) is 0 Å². The van der Waals surface area contributed by atoms with Crippen molar-refractivity contribution in [2.24, 2.45) is 0 Å². The molecule has 2 N–H and O–H groups in total. The van der Waals surface area contributed by atoms with Gasteiger partial charge in [0.1, 0.15) is 6.61 Å². The Morgan fingerprint density at radius 2 is 2.28 bits per heavy atom. The number of morpholine rings is 1. The van der Waals surface area contributed by atoms with E-state index in [1.165, 1.54) is 0 Å². The Hall–Kier alpha value is -1.43. The highest BCUT2D eigenvalue weighted by Gasteiger charge is 2.13. The van der Waals surface area contributed by atoms with E-state index in [9.17, 15) is 4.79 Å². The molecule has 1 aliphatic rings. The average Bonchev–Trinajstić information content (AvgIpc) is 2.41. The summed E-state index contributed by atoms with van der Waals surface area (Å²) in [5, 5.41) is 5.97. The molecule has 98 valence electrons. The van der Waals surface area contributed by atoms with Crippen LogP contribution in [0.15, 0.2) is 30.3 Å². The first kappa shape index (κ1) is 13.0. The van der Waals surface area contributed by atoms with Gasteiger partial charge in [0.05, 0.1) is 19.3 Å². The summed E-state index contributed by atoms with van der Waals surface area (Å²) in [5.74, 6) is -0.148. The molecule has 18 heavy (non-hydrogen) atoms. The number of hydrogen-bond acceptors (Lipinski definition) is 4. The Morgan fingerprint density at radius 3 is 3.00 bits per heavy atom. The van der Waals surface area contributed by atoms with E-state index in [0.717, 1.165) is 18.8 Å². The van der Waals surface area contributed by atoms with Gasteiger partial charge in [-0.05, 0) is 12.1 Å². The molecule has 0 bridgehead atoms. The van der Waals surface area contributed by atoms with Crippen molar-refractivity contribution >= 4 is 11.6 Å². The monoisotopic (exact) mass is 250 g/mol. The number of anilines is 1. The van der Waals surface area contributed by atoms with Gasteiger partial charge in [-0.3, -0.25) is 4.79 Å². The highest BCUT2D eigenvalue weighted by molar-refractivity contribution is 5.91. The van der Waals surface area contributed by atoms with E-state index >= 15 is 0 Å². The molecule has 5 heteroatoms. The van der Waals surface area contributed by atoms with Gasteiger partial charge in [-0.25, -0.2) is 0 Å². The second kappa shape index (κ2) is 7.10. The Bertz CT molecular complexity index is 364. The van der Waals surface area contributed by atoms with Crippen LogP contribution in [-0.2, 0) is 14.3 Å². The fraction of sp³-hybridized carbons (Fsp3) is 0.462. The molecule has 1 aliphatic heterocycles. The van der Waals surface area contributed by atoms with Crippen LogP contribution >= 0.6 is 0 Å². The first-order valence-corrected chi connectivity index (χ1v) is 6.09. The average molecular weight is 250 g/mol. The minimum absolute atomic E-state index is 0.0447. The molecular formula is C13H18N2O3. The van der Waals surface area contributed by atoms with Crippen LogP contribution in [0.4, 0.5) is 5.69 Å². The molecule has 1 aromatic rings. The minimum Gasteiger partial charge on any atom is -0.373 e. The zero-order valence-corrected chi connectivity index (χ0v) is 10.2. The molecule has 1 saturated heterocycles. The highest BCUT2D eigenvalue weighted by Crippen LogP contribution is 2.04. The highest BCUT2D eigenvalue weighted by atomic mass is 16.5. The molecule has 0 spiro atoms. The number of carbonyl (C=O) groups excluding carboxylic acids is 1. The molecule has 1 fully saturated rings. The number of ether oxygens (including phenoxy) is 2. The van der Waals surface area contributed by atoms with E-state index in [2.05, 4.69) is 10.6 Å². The minimum atomic E-state index is -0.148. The van der Waals surface area contributed by atoms with Crippen LogP contribution < -0.4 is 10.6 Å². The zero-order valence-electron chi connectivity index (χ0n) is 10.2. The molecule has 0 aromatic heterocycles. The summed E-state index contributed by atoms with van der Waals surface area (Å²) < 4.78 is 10.8. The molecule has 1 amide bonds. The van der Waals surface area contributed by atoms with Crippen LogP contribution in [0.25, 0.3) is 0 Å². The maximum absolute atomic E-state index is 11.6. The molecular weight excluding hydrogens is 232 g/mol. The van der Waals surface area contributed by atoms with Crippen molar-refractivity contribution in [2.75, 3.05) is 38.2 Å². The predicted molar refractivity (Wildman–Crippen MR) is 68.5 cm³/mol. The van der Waals surface area contributed by atoms with E-state index in [1.54, 1.807) is 0 Å². The van der Waals surface area contributed by atoms with Crippen molar-refractivity contribution in [3.8, 4) is 0 Å². The fourth-order valence-corrected chi connectivity index (χ4v) is 1.73. The third-order valence-corrected chi connectivity index (χ3v) is 2.60. The third-order valence-electron chi connectivity index (χ3n) is 2.60. The molecule has 2 rings (SSSR count). The first-order valence-electron chi connectivity index (χ1n) is 6.09. The number of amides is 1. The number of benzene rings is 1. The molecule has 1 unspecified atom stereocenters. The number of para-hydroxylation sites is 1. The smallest absolute Gasteiger partial charge is 0.250 e. The quantitative estimate of drug-likeness (QED) is 0.804. The first-order chi connectivity index (χ1) is 8.84. The van der Waals surface area contributed by atoms with Gasteiger partial charge >= 0.3 is 0 Å². The molecule has 1 atom stereocenters. The van der Waals surface area contributed by atoms with Crippen LogP contribution in [0, 0.1) is 0 Å². The summed E-state index contributed by atoms with van der Waals surface area (Å²) in [7, 11) is 0. The summed E-state index contributed by atoms with van der Waals surface area (Å²) in [4.78, 5) is 11.6. The van der Waals surface area contributed by atoms with Gasteiger partial charge in [0.25, 0.3) is 0 Å². The Morgan fingerprint density at radius 1 is 1.44 bits per heavy atom. The van der Waals surface area contributed by atoms with Crippen molar-refractivity contribution in [3.05, 3.63) is 30.3 Å². The molecule has 0 saturated carbocycles. The number of hydrogen-bond donors (Lipinski definition) is 2.